The minimum Gasteiger partial charge on any atom is -0.422 e. The first-order valence-electron chi connectivity index (χ1n) is 3.98. The topological polar surface area (TPSA) is 52.3 Å². The molecule has 1 rings (SSSR count). The van der Waals surface area contributed by atoms with Crippen LogP contribution in [0.15, 0.2) is 41.3 Å². The molecule has 0 heterocycles. The number of nitrogens with two attached hydrogens (primary N) is 1. The third-order valence-electron chi connectivity index (χ3n) is 1.53. The lowest BCUT2D eigenvalue weighted by Gasteiger charge is -2.06. The van der Waals surface area contributed by atoms with Gasteiger partial charge in [-0.3, -0.25) is 5.14 Å². The Kier molecular flexibility index (Phi) is 3.73. The smallest absolute Gasteiger partial charge is 0.338 e. The average molecular weight is 209 g/mol. The van der Waals surface area contributed by atoms with E-state index in [1.165, 1.54) is 0 Å². The standard InChI is InChI=1S/C10H11NO2S/c1-7(2)10(12)13-8-5-3-4-6-9(8)14-11/h3-6H,1,11H2,2H3. The van der Waals surface area contributed by atoms with Crippen molar-refractivity contribution in [1.82, 2.24) is 0 Å². The predicted molar refractivity (Wildman–Crippen MR) is 56.9 cm³/mol. The molecule has 0 aliphatic rings. The van der Waals surface area contributed by atoms with Crippen molar-refractivity contribution in [3.63, 3.8) is 0 Å². The number of rotatable bonds is 3. The highest BCUT2D eigenvalue weighted by Gasteiger charge is 2.08. The van der Waals surface area contributed by atoms with Gasteiger partial charge in [-0.15, -0.1) is 0 Å². The van der Waals surface area contributed by atoms with Crippen molar-refractivity contribution >= 4 is 17.9 Å². The van der Waals surface area contributed by atoms with Crippen molar-refractivity contribution in [2.75, 3.05) is 0 Å². The van der Waals surface area contributed by atoms with Gasteiger partial charge in [0.05, 0.1) is 4.90 Å². The van der Waals surface area contributed by atoms with Crippen molar-refractivity contribution in [1.29, 1.82) is 0 Å². The third-order valence-corrected chi connectivity index (χ3v) is 2.12. The van der Waals surface area contributed by atoms with Crippen LogP contribution in [0.4, 0.5) is 0 Å². The van der Waals surface area contributed by atoms with Crippen LogP contribution in [0.25, 0.3) is 0 Å². The maximum absolute atomic E-state index is 11.2. The molecule has 0 aliphatic heterocycles. The van der Waals surface area contributed by atoms with E-state index in [-0.39, 0.29) is 0 Å². The number of para-hydroxylation sites is 1. The van der Waals surface area contributed by atoms with Gasteiger partial charge in [0.25, 0.3) is 0 Å². The van der Waals surface area contributed by atoms with Gasteiger partial charge in [-0.2, -0.15) is 0 Å². The average Bonchev–Trinajstić information content (AvgIpc) is 2.18. The molecule has 74 valence electrons. The Morgan fingerprint density at radius 2 is 2.14 bits per heavy atom. The van der Waals surface area contributed by atoms with E-state index in [9.17, 15) is 4.79 Å². The van der Waals surface area contributed by atoms with Crippen LogP contribution in [-0.4, -0.2) is 5.97 Å². The van der Waals surface area contributed by atoms with Gasteiger partial charge in [0.15, 0.2) is 0 Å². The SMILES string of the molecule is C=C(C)C(=O)Oc1ccccc1SN. The molecule has 0 atom stereocenters. The van der Waals surface area contributed by atoms with Crippen LogP contribution in [-0.2, 0) is 4.79 Å². The Morgan fingerprint density at radius 3 is 2.71 bits per heavy atom. The monoisotopic (exact) mass is 209 g/mol. The molecule has 14 heavy (non-hydrogen) atoms. The summed E-state index contributed by atoms with van der Waals surface area (Å²) in [5.41, 5.74) is 0.363. The van der Waals surface area contributed by atoms with E-state index in [1.54, 1.807) is 25.1 Å². The molecule has 0 amide bonds. The lowest BCUT2D eigenvalue weighted by molar-refractivity contribution is -0.130. The largest absolute Gasteiger partial charge is 0.422 e. The number of benzene rings is 1. The van der Waals surface area contributed by atoms with Crippen molar-refractivity contribution in [3.05, 3.63) is 36.4 Å². The molecule has 0 spiro atoms. The highest BCUT2D eigenvalue weighted by molar-refractivity contribution is 7.97. The van der Waals surface area contributed by atoms with Gasteiger partial charge in [-0.05, 0) is 31.0 Å². The first-order valence-corrected chi connectivity index (χ1v) is 4.86. The molecule has 0 fully saturated rings. The number of carbonyl (C=O) groups excluding carboxylic acids is 1. The second-order valence-corrected chi connectivity index (χ2v) is 3.41. The van der Waals surface area contributed by atoms with E-state index >= 15 is 0 Å². The Hall–Kier alpha value is -1.26. The fraction of sp³-hybridized carbons (Fsp3) is 0.100. The highest BCUT2D eigenvalue weighted by atomic mass is 32.2. The van der Waals surface area contributed by atoms with Crippen LogP contribution in [0.1, 0.15) is 6.92 Å². The summed E-state index contributed by atoms with van der Waals surface area (Å²) in [6, 6.07) is 7.08. The fourth-order valence-corrected chi connectivity index (χ4v) is 1.20. The summed E-state index contributed by atoms with van der Waals surface area (Å²) in [6.07, 6.45) is 0. The van der Waals surface area contributed by atoms with Gasteiger partial charge < -0.3 is 4.74 Å². The molecular weight excluding hydrogens is 198 g/mol. The summed E-state index contributed by atoms with van der Waals surface area (Å²) >= 11 is 1.04. The molecule has 0 saturated carbocycles. The van der Waals surface area contributed by atoms with Crippen LogP contribution >= 0.6 is 11.9 Å². The normalized spacial score (nSPS) is 9.57. The van der Waals surface area contributed by atoms with Crippen LogP contribution in [0.2, 0.25) is 0 Å². The maximum Gasteiger partial charge on any atom is 0.338 e. The minimum atomic E-state index is -0.438. The molecular formula is C10H11NO2S. The zero-order valence-corrected chi connectivity index (χ0v) is 8.64. The number of carbonyl (C=O) groups is 1. The minimum absolute atomic E-state index is 0.363. The molecule has 1 aromatic rings. The van der Waals surface area contributed by atoms with E-state index < -0.39 is 5.97 Å². The van der Waals surface area contributed by atoms with Crippen molar-refractivity contribution < 1.29 is 9.53 Å². The van der Waals surface area contributed by atoms with Gasteiger partial charge in [-0.25, -0.2) is 4.79 Å². The van der Waals surface area contributed by atoms with Gasteiger partial charge >= 0.3 is 5.97 Å². The first kappa shape index (κ1) is 10.8. The fourth-order valence-electron chi connectivity index (χ4n) is 0.819. The Bertz CT molecular complexity index is 363. The van der Waals surface area contributed by atoms with E-state index in [4.69, 9.17) is 9.88 Å². The number of esters is 1. The zero-order chi connectivity index (χ0) is 10.6. The van der Waals surface area contributed by atoms with Crippen LogP contribution in [0.5, 0.6) is 5.75 Å². The molecule has 3 nitrogen and oxygen atoms in total. The lowest BCUT2D eigenvalue weighted by atomic mass is 10.3. The molecule has 0 unspecified atom stereocenters. The summed E-state index contributed by atoms with van der Waals surface area (Å²) in [6.45, 7) is 5.09. The second-order valence-electron chi connectivity index (χ2n) is 2.73. The third kappa shape index (κ3) is 2.61. The molecule has 0 radical (unpaired) electrons. The Balaban J connectivity index is 2.85. The Morgan fingerprint density at radius 1 is 1.50 bits per heavy atom. The zero-order valence-electron chi connectivity index (χ0n) is 7.82. The number of ether oxygens (including phenoxy) is 1. The lowest BCUT2D eigenvalue weighted by Crippen LogP contribution is -2.08. The summed E-state index contributed by atoms with van der Waals surface area (Å²) in [7, 11) is 0. The van der Waals surface area contributed by atoms with E-state index in [0.717, 1.165) is 16.8 Å². The second kappa shape index (κ2) is 4.83. The van der Waals surface area contributed by atoms with Crippen molar-refractivity contribution in [3.8, 4) is 5.75 Å². The predicted octanol–water partition coefficient (Wildman–Crippen LogP) is 2.13. The van der Waals surface area contributed by atoms with E-state index in [0.29, 0.717) is 11.3 Å². The molecule has 0 saturated heterocycles. The number of hydrogen-bond acceptors (Lipinski definition) is 4. The number of hydrogen-bond donors (Lipinski definition) is 1. The maximum atomic E-state index is 11.2. The highest BCUT2D eigenvalue weighted by Crippen LogP contribution is 2.25. The van der Waals surface area contributed by atoms with Crippen molar-refractivity contribution in [2.45, 2.75) is 11.8 Å². The van der Waals surface area contributed by atoms with Crippen molar-refractivity contribution in [2.24, 2.45) is 5.14 Å². The van der Waals surface area contributed by atoms with Crippen LogP contribution in [0, 0.1) is 0 Å². The van der Waals surface area contributed by atoms with Gasteiger partial charge in [0, 0.05) is 5.57 Å². The molecule has 4 heteroatoms. The van der Waals surface area contributed by atoms with Gasteiger partial charge in [-0.1, -0.05) is 18.7 Å². The van der Waals surface area contributed by atoms with Crippen LogP contribution in [0.3, 0.4) is 0 Å². The summed E-state index contributed by atoms with van der Waals surface area (Å²) in [5, 5.41) is 5.41. The molecule has 1 aromatic carbocycles. The summed E-state index contributed by atoms with van der Waals surface area (Å²) < 4.78 is 5.06. The van der Waals surface area contributed by atoms with E-state index in [2.05, 4.69) is 6.58 Å². The Labute approximate surface area is 87.1 Å². The molecule has 0 aromatic heterocycles. The van der Waals surface area contributed by atoms with Gasteiger partial charge in [0.1, 0.15) is 5.75 Å². The van der Waals surface area contributed by atoms with Gasteiger partial charge in [0.2, 0.25) is 0 Å². The summed E-state index contributed by atoms with van der Waals surface area (Å²) in [5.74, 6) is 0.0273. The quantitative estimate of drug-likeness (QED) is 0.358. The molecule has 0 bridgehead atoms. The summed E-state index contributed by atoms with van der Waals surface area (Å²) in [4.78, 5) is 11.9. The first-order chi connectivity index (χ1) is 6.65. The van der Waals surface area contributed by atoms with E-state index in [1.807, 2.05) is 6.07 Å². The van der Waals surface area contributed by atoms with Crippen LogP contribution < -0.4 is 9.88 Å². The molecule has 0 aliphatic carbocycles. The molecule has 2 N–H and O–H groups in total.